The molecule has 5 aromatic rings. The van der Waals surface area contributed by atoms with Crippen LogP contribution in [0, 0.1) is 6.92 Å². The molecule has 0 spiro atoms. The number of rotatable bonds is 3. The van der Waals surface area contributed by atoms with Crippen LogP contribution in [-0.2, 0) is 6.18 Å². The summed E-state index contributed by atoms with van der Waals surface area (Å²) in [6.45, 7) is 1.91. The molecule has 0 N–H and O–H groups in total. The van der Waals surface area contributed by atoms with E-state index in [-0.39, 0.29) is 16.9 Å². The van der Waals surface area contributed by atoms with Crippen LogP contribution in [0.5, 0.6) is 11.6 Å². The minimum Gasteiger partial charge on any atom is -0.436 e. The second-order valence-electron chi connectivity index (χ2n) is 7.24. The topological polar surface area (TPSA) is 52.3 Å². The molecule has 3 aromatic carbocycles. The van der Waals surface area contributed by atoms with Crippen LogP contribution < -0.4 is 4.74 Å². The second kappa shape index (κ2) is 7.49. The summed E-state index contributed by atoms with van der Waals surface area (Å²) in [5.41, 5.74) is 1.76. The Kier molecular flexibility index (Phi) is 4.74. The van der Waals surface area contributed by atoms with E-state index in [4.69, 9.17) is 16.3 Å². The number of alkyl halides is 3. The molecule has 5 nitrogen and oxygen atoms in total. The summed E-state index contributed by atoms with van der Waals surface area (Å²) in [7, 11) is 0. The molecule has 0 fully saturated rings. The maximum Gasteiger partial charge on any atom is 0.416 e. The van der Waals surface area contributed by atoms with E-state index in [1.165, 1.54) is 10.6 Å². The Hall–Kier alpha value is -3.65. The fourth-order valence-corrected chi connectivity index (χ4v) is 3.67. The third kappa shape index (κ3) is 3.52. The minimum atomic E-state index is -4.53. The molecular weight excluding hydrogens is 441 g/mol. The first-order valence-corrected chi connectivity index (χ1v) is 9.95. The first-order chi connectivity index (χ1) is 15.3. The van der Waals surface area contributed by atoms with Crippen molar-refractivity contribution in [2.75, 3.05) is 0 Å². The molecule has 0 saturated heterocycles. The quantitative estimate of drug-likeness (QED) is 0.304. The van der Waals surface area contributed by atoms with E-state index < -0.39 is 11.7 Å². The van der Waals surface area contributed by atoms with Gasteiger partial charge in [0.25, 0.3) is 0 Å². The highest BCUT2D eigenvalue weighted by atomic mass is 35.5. The Labute approximate surface area is 185 Å². The number of fused-ring (bicyclic) bond motifs is 3. The van der Waals surface area contributed by atoms with Crippen LogP contribution in [0.2, 0.25) is 5.28 Å². The van der Waals surface area contributed by atoms with Crippen LogP contribution in [0.15, 0.2) is 66.7 Å². The van der Waals surface area contributed by atoms with Crippen LogP contribution in [0.3, 0.4) is 0 Å². The maximum absolute atomic E-state index is 13.4. The molecule has 32 heavy (non-hydrogen) atoms. The third-order valence-electron chi connectivity index (χ3n) is 5.04. The predicted molar refractivity (Wildman–Crippen MR) is 115 cm³/mol. The van der Waals surface area contributed by atoms with Crippen molar-refractivity contribution in [3.8, 4) is 22.8 Å². The van der Waals surface area contributed by atoms with Gasteiger partial charge in [-0.1, -0.05) is 48.0 Å². The Balaban J connectivity index is 1.74. The van der Waals surface area contributed by atoms with E-state index in [1.54, 1.807) is 30.3 Å². The summed E-state index contributed by atoms with van der Waals surface area (Å²) >= 11 is 6.12. The number of hydrogen-bond donors (Lipinski definition) is 0. The molecule has 0 bridgehead atoms. The van der Waals surface area contributed by atoms with Gasteiger partial charge in [-0.15, -0.1) is 15.3 Å². The lowest BCUT2D eigenvalue weighted by atomic mass is 10.0. The van der Waals surface area contributed by atoms with Gasteiger partial charge >= 0.3 is 6.18 Å². The Morgan fingerprint density at radius 1 is 0.906 bits per heavy atom. The average molecular weight is 455 g/mol. The Morgan fingerprint density at radius 2 is 1.69 bits per heavy atom. The van der Waals surface area contributed by atoms with Gasteiger partial charge in [0.2, 0.25) is 11.2 Å². The van der Waals surface area contributed by atoms with Gasteiger partial charge in [-0.3, -0.25) is 0 Å². The predicted octanol–water partition coefficient (Wildman–Crippen LogP) is 6.72. The van der Waals surface area contributed by atoms with E-state index in [2.05, 4.69) is 15.3 Å². The van der Waals surface area contributed by atoms with Gasteiger partial charge in [0, 0.05) is 16.3 Å². The SMILES string of the molecule is Cc1ccc2c(Oc3cc(C(F)(F)F)ccc3-c3ccccc3)nn3c(Cl)nnc3c2c1. The first kappa shape index (κ1) is 20.3. The fourth-order valence-electron chi connectivity index (χ4n) is 3.51. The lowest BCUT2D eigenvalue weighted by Gasteiger charge is -2.15. The van der Waals surface area contributed by atoms with Crippen LogP contribution in [-0.4, -0.2) is 19.8 Å². The number of benzene rings is 3. The molecule has 2 heterocycles. The Bertz CT molecular complexity index is 1470. The Morgan fingerprint density at radius 3 is 2.44 bits per heavy atom. The lowest BCUT2D eigenvalue weighted by molar-refractivity contribution is -0.137. The molecule has 0 saturated carbocycles. The second-order valence-corrected chi connectivity index (χ2v) is 7.57. The van der Waals surface area contributed by atoms with Crippen LogP contribution >= 0.6 is 11.6 Å². The van der Waals surface area contributed by atoms with Crippen molar-refractivity contribution in [3.05, 3.63) is 83.1 Å². The van der Waals surface area contributed by atoms with E-state index in [1.807, 2.05) is 25.1 Å². The zero-order valence-corrected chi connectivity index (χ0v) is 17.3. The average Bonchev–Trinajstić information content (AvgIpc) is 3.14. The zero-order chi connectivity index (χ0) is 22.5. The number of hydrogen-bond acceptors (Lipinski definition) is 4. The summed E-state index contributed by atoms with van der Waals surface area (Å²) in [5, 5.41) is 13.5. The normalized spacial score (nSPS) is 11.9. The number of aromatic nitrogens is 4. The van der Waals surface area contributed by atoms with Gasteiger partial charge in [0.15, 0.2) is 5.65 Å². The number of aryl methyl sites for hydroxylation is 1. The van der Waals surface area contributed by atoms with E-state index in [0.29, 0.717) is 27.5 Å². The largest absolute Gasteiger partial charge is 0.436 e. The molecule has 5 rings (SSSR count). The molecule has 0 aliphatic heterocycles. The summed E-state index contributed by atoms with van der Waals surface area (Å²) in [5.74, 6) is 0.106. The summed E-state index contributed by atoms with van der Waals surface area (Å²) in [6.07, 6.45) is -4.53. The summed E-state index contributed by atoms with van der Waals surface area (Å²) < 4.78 is 47.7. The van der Waals surface area contributed by atoms with Crippen molar-refractivity contribution >= 4 is 28.0 Å². The molecule has 0 atom stereocenters. The minimum absolute atomic E-state index is 0.0144. The molecule has 0 unspecified atom stereocenters. The number of ether oxygens (including phenoxy) is 1. The molecule has 0 radical (unpaired) electrons. The van der Waals surface area contributed by atoms with Crippen LogP contribution in [0.4, 0.5) is 13.2 Å². The zero-order valence-electron chi connectivity index (χ0n) is 16.6. The van der Waals surface area contributed by atoms with Crippen molar-refractivity contribution in [3.63, 3.8) is 0 Å². The molecular formula is C23H14ClF3N4O. The van der Waals surface area contributed by atoms with Gasteiger partial charge in [0.05, 0.1) is 5.56 Å². The van der Waals surface area contributed by atoms with Gasteiger partial charge in [0.1, 0.15) is 5.75 Å². The van der Waals surface area contributed by atoms with Crippen molar-refractivity contribution in [2.45, 2.75) is 13.1 Å². The highest BCUT2D eigenvalue weighted by molar-refractivity contribution is 6.28. The first-order valence-electron chi connectivity index (χ1n) is 9.57. The monoisotopic (exact) mass is 454 g/mol. The third-order valence-corrected chi connectivity index (χ3v) is 5.28. The standard InChI is InChI=1S/C23H14ClF3N4O/c1-13-7-9-17-18(11-13)20-28-29-22(24)31(20)30-21(17)32-19-12-15(23(25,26)27)8-10-16(19)14-5-3-2-4-6-14/h2-12H,1H3. The lowest BCUT2D eigenvalue weighted by Crippen LogP contribution is -2.06. The molecule has 0 aliphatic carbocycles. The maximum atomic E-state index is 13.4. The number of halogens is 4. The molecule has 0 amide bonds. The fraction of sp³-hybridized carbons (Fsp3) is 0.0870. The van der Waals surface area contributed by atoms with Crippen molar-refractivity contribution < 1.29 is 17.9 Å². The molecule has 0 aliphatic rings. The molecule has 9 heteroatoms. The molecule has 160 valence electrons. The number of nitrogens with zero attached hydrogens (tertiary/aromatic N) is 4. The smallest absolute Gasteiger partial charge is 0.416 e. The van der Waals surface area contributed by atoms with E-state index in [0.717, 1.165) is 17.7 Å². The summed E-state index contributed by atoms with van der Waals surface area (Å²) in [6, 6.07) is 17.9. The van der Waals surface area contributed by atoms with E-state index in [9.17, 15) is 13.2 Å². The van der Waals surface area contributed by atoms with Crippen LogP contribution in [0.1, 0.15) is 11.1 Å². The molecule has 2 aromatic heterocycles. The highest BCUT2D eigenvalue weighted by Crippen LogP contribution is 2.40. The van der Waals surface area contributed by atoms with Crippen molar-refractivity contribution in [1.29, 1.82) is 0 Å². The van der Waals surface area contributed by atoms with Gasteiger partial charge in [-0.05, 0) is 48.4 Å². The van der Waals surface area contributed by atoms with Crippen LogP contribution in [0.25, 0.3) is 27.5 Å². The van der Waals surface area contributed by atoms with Crippen molar-refractivity contribution in [1.82, 2.24) is 19.8 Å². The van der Waals surface area contributed by atoms with Gasteiger partial charge in [-0.25, -0.2) is 0 Å². The van der Waals surface area contributed by atoms with E-state index >= 15 is 0 Å². The van der Waals surface area contributed by atoms with Gasteiger partial charge < -0.3 is 4.74 Å². The van der Waals surface area contributed by atoms with Gasteiger partial charge in [-0.2, -0.15) is 17.7 Å². The summed E-state index contributed by atoms with van der Waals surface area (Å²) in [4.78, 5) is 0. The van der Waals surface area contributed by atoms with Crippen molar-refractivity contribution in [2.24, 2.45) is 0 Å². The highest BCUT2D eigenvalue weighted by Gasteiger charge is 2.31.